The molecule has 2 aromatic rings. The molecule has 0 fully saturated rings. The Bertz CT molecular complexity index is 632. The molecular formula is C14H16Br2N2O2. The summed E-state index contributed by atoms with van der Waals surface area (Å²) in [5, 5.41) is 4.32. The van der Waals surface area contributed by atoms with Gasteiger partial charge >= 0.3 is 0 Å². The molecular weight excluding hydrogens is 388 g/mol. The first-order valence-corrected chi connectivity index (χ1v) is 7.79. The van der Waals surface area contributed by atoms with E-state index in [1.165, 1.54) is 0 Å². The molecule has 108 valence electrons. The average Bonchev–Trinajstić information content (AvgIpc) is 2.41. The van der Waals surface area contributed by atoms with Gasteiger partial charge in [-0.1, -0.05) is 0 Å². The summed E-state index contributed by atoms with van der Waals surface area (Å²) in [6, 6.07) is 3.94. The van der Waals surface area contributed by atoms with Crippen molar-refractivity contribution in [3.63, 3.8) is 0 Å². The van der Waals surface area contributed by atoms with E-state index in [2.05, 4.69) is 49.1 Å². The molecule has 0 unspecified atom stereocenters. The number of nitrogens with zero attached hydrogens (tertiary/aromatic N) is 1. The standard InChI is InChI=1S/C14H16Br2N2O2/c1-4-17-11-5-8(7-19-2)18-13-9(15)6-10(16)14(20-3)12(11)13/h5-6H,4,7H2,1-3H3,(H,17,18). The highest BCUT2D eigenvalue weighted by Crippen LogP contribution is 2.41. The molecule has 0 radical (unpaired) electrons. The monoisotopic (exact) mass is 402 g/mol. The number of ether oxygens (including phenoxy) is 2. The predicted octanol–water partition coefficient (Wildman–Crippen LogP) is 4.35. The highest BCUT2D eigenvalue weighted by molar-refractivity contribution is 9.11. The maximum Gasteiger partial charge on any atom is 0.144 e. The summed E-state index contributed by atoms with van der Waals surface area (Å²) in [4.78, 5) is 4.64. The fraction of sp³-hybridized carbons (Fsp3) is 0.357. The van der Waals surface area contributed by atoms with Crippen LogP contribution in [0.1, 0.15) is 12.6 Å². The van der Waals surface area contributed by atoms with Gasteiger partial charge in [0.15, 0.2) is 0 Å². The Morgan fingerprint density at radius 3 is 2.55 bits per heavy atom. The lowest BCUT2D eigenvalue weighted by molar-refractivity contribution is 0.182. The Morgan fingerprint density at radius 2 is 1.95 bits per heavy atom. The lowest BCUT2D eigenvalue weighted by Crippen LogP contribution is -2.03. The fourth-order valence-corrected chi connectivity index (χ4v) is 3.53. The van der Waals surface area contributed by atoms with Crippen LogP contribution in [0.2, 0.25) is 0 Å². The van der Waals surface area contributed by atoms with Crippen LogP contribution in [0.3, 0.4) is 0 Å². The Balaban J connectivity index is 2.81. The number of rotatable bonds is 5. The van der Waals surface area contributed by atoms with E-state index in [0.29, 0.717) is 6.61 Å². The zero-order chi connectivity index (χ0) is 14.7. The Labute approximate surface area is 135 Å². The molecule has 0 aliphatic heterocycles. The minimum absolute atomic E-state index is 0.471. The third-order valence-corrected chi connectivity index (χ3v) is 4.05. The molecule has 2 rings (SSSR count). The molecule has 1 aromatic carbocycles. The number of benzene rings is 1. The molecule has 6 heteroatoms. The molecule has 0 aliphatic rings. The third kappa shape index (κ3) is 2.92. The number of fused-ring (bicyclic) bond motifs is 1. The van der Waals surface area contributed by atoms with Gasteiger partial charge in [0, 0.05) is 23.8 Å². The van der Waals surface area contributed by atoms with Crippen LogP contribution in [0.15, 0.2) is 21.1 Å². The van der Waals surface area contributed by atoms with Crippen LogP contribution in [0.4, 0.5) is 5.69 Å². The number of aromatic nitrogens is 1. The Morgan fingerprint density at radius 1 is 1.20 bits per heavy atom. The molecule has 0 spiro atoms. The van der Waals surface area contributed by atoms with E-state index in [-0.39, 0.29) is 0 Å². The zero-order valence-corrected chi connectivity index (χ0v) is 14.8. The quantitative estimate of drug-likeness (QED) is 0.805. The van der Waals surface area contributed by atoms with Gasteiger partial charge in [-0.05, 0) is 50.9 Å². The van der Waals surface area contributed by atoms with E-state index in [1.807, 2.05) is 12.1 Å². The van der Waals surface area contributed by atoms with Crippen LogP contribution in [0.25, 0.3) is 10.9 Å². The molecule has 20 heavy (non-hydrogen) atoms. The summed E-state index contributed by atoms with van der Waals surface area (Å²) >= 11 is 7.09. The van der Waals surface area contributed by atoms with Crippen LogP contribution < -0.4 is 10.1 Å². The SMILES string of the molecule is CCNc1cc(COC)nc2c(Br)cc(Br)c(OC)c12. The normalized spacial score (nSPS) is 10.8. The van der Waals surface area contributed by atoms with E-state index in [4.69, 9.17) is 9.47 Å². The summed E-state index contributed by atoms with van der Waals surface area (Å²) in [5.41, 5.74) is 2.72. The van der Waals surface area contributed by atoms with Crippen LogP contribution in [-0.4, -0.2) is 25.7 Å². The van der Waals surface area contributed by atoms with Gasteiger partial charge in [0.2, 0.25) is 0 Å². The maximum absolute atomic E-state index is 5.52. The van der Waals surface area contributed by atoms with Crippen molar-refractivity contribution in [1.82, 2.24) is 4.98 Å². The number of nitrogens with one attached hydrogen (secondary N) is 1. The number of halogens is 2. The van der Waals surface area contributed by atoms with Gasteiger partial charge in [0.25, 0.3) is 0 Å². The molecule has 0 aliphatic carbocycles. The van der Waals surface area contributed by atoms with Crippen molar-refractivity contribution in [2.75, 3.05) is 26.1 Å². The van der Waals surface area contributed by atoms with Gasteiger partial charge in [-0.15, -0.1) is 0 Å². The summed E-state index contributed by atoms with van der Waals surface area (Å²) in [6.45, 7) is 3.35. The van der Waals surface area contributed by atoms with E-state index in [0.717, 1.165) is 43.5 Å². The lowest BCUT2D eigenvalue weighted by atomic mass is 10.1. The van der Waals surface area contributed by atoms with Gasteiger partial charge in [-0.25, -0.2) is 4.98 Å². The van der Waals surface area contributed by atoms with E-state index in [9.17, 15) is 0 Å². The second kappa shape index (κ2) is 6.74. The van der Waals surface area contributed by atoms with E-state index < -0.39 is 0 Å². The maximum atomic E-state index is 5.52. The van der Waals surface area contributed by atoms with Crippen molar-refractivity contribution >= 4 is 48.5 Å². The third-order valence-electron chi connectivity index (χ3n) is 2.86. The fourth-order valence-electron chi connectivity index (χ4n) is 2.12. The average molecular weight is 404 g/mol. The van der Waals surface area contributed by atoms with Gasteiger partial charge in [0.1, 0.15) is 5.75 Å². The molecule has 0 bridgehead atoms. The number of pyridine rings is 1. The molecule has 1 aromatic heterocycles. The first-order chi connectivity index (χ1) is 9.62. The van der Waals surface area contributed by atoms with Crippen molar-refractivity contribution < 1.29 is 9.47 Å². The van der Waals surface area contributed by atoms with Gasteiger partial charge < -0.3 is 14.8 Å². The number of hydrogen-bond donors (Lipinski definition) is 1. The predicted molar refractivity (Wildman–Crippen MR) is 88.6 cm³/mol. The summed E-state index contributed by atoms with van der Waals surface area (Å²) in [6.07, 6.45) is 0. The summed E-state index contributed by atoms with van der Waals surface area (Å²) in [5.74, 6) is 0.774. The van der Waals surface area contributed by atoms with E-state index >= 15 is 0 Å². The zero-order valence-electron chi connectivity index (χ0n) is 11.6. The minimum Gasteiger partial charge on any atom is -0.495 e. The summed E-state index contributed by atoms with van der Waals surface area (Å²) < 4.78 is 12.5. The molecule has 0 saturated heterocycles. The van der Waals surface area contributed by atoms with Gasteiger partial charge in [0.05, 0.1) is 34.8 Å². The first-order valence-electron chi connectivity index (χ1n) is 6.20. The highest BCUT2D eigenvalue weighted by Gasteiger charge is 2.16. The lowest BCUT2D eigenvalue weighted by Gasteiger charge is -2.15. The largest absolute Gasteiger partial charge is 0.495 e. The summed E-state index contributed by atoms with van der Waals surface area (Å²) in [7, 11) is 3.32. The molecule has 0 amide bonds. The second-order valence-electron chi connectivity index (χ2n) is 4.22. The minimum atomic E-state index is 0.471. The second-order valence-corrected chi connectivity index (χ2v) is 5.93. The topological polar surface area (TPSA) is 43.4 Å². The Kier molecular flexibility index (Phi) is 5.23. The van der Waals surface area contributed by atoms with Crippen molar-refractivity contribution in [2.24, 2.45) is 0 Å². The molecule has 1 heterocycles. The van der Waals surface area contributed by atoms with Crippen molar-refractivity contribution in [2.45, 2.75) is 13.5 Å². The molecule has 1 N–H and O–H groups in total. The van der Waals surface area contributed by atoms with Gasteiger partial charge in [-0.2, -0.15) is 0 Å². The van der Waals surface area contributed by atoms with Gasteiger partial charge in [-0.3, -0.25) is 0 Å². The molecule has 0 atom stereocenters. The highest BCUT2D eigenvalue weighted by atomic mass is 79.9. The first kappa shape index (κ1) is 15.5. The van der Waals surface area contributed by atoms with Crippen LogP contribution in [-0.2, 0) is 11.3 Å². The molecule has 0 saturated carbocycles. The number of hydrogen-bond acceptors (Lipinski definition) is 4. The number of methoxy groups -OCH3 is 2. The van der Waals surface area contributed by atoms with Crippen LogP contribution in [0, 0.1) is 0 Å². The Hall–Kier alpha value is -0.850. The van der Waals surface area contributed by atoms with Crippen molar-refractivity contribution in [1.29, 1.82) is 0 Å². The van der Waals surface area contributed by atoms with Crippen molar-refractivity contribution in [3.8, 4) is 5.75 Å². The van der Waals surface area contributed by atoms with Crippen LogP contribution in [0.5, 0.6) is 5.75 Å². The smallest absolute Gasteiger partial charge is 0.144 e. The molecule has 4 nitrogen and oxygen atoms in total. The van der Waals surface area contributed by atoms with Crippen molar-refractivity contribution in [3.05, 3.63) is 26.8 Å². The number of anilines is 1. The van der Waals surface area contributed by atoms with Crippen LogP contribution >= 0.6 is 31.9 Å². The van der Waals surface area contributed by atoms with E-state index in [1.54, 1.807) is 14.2 Å².